The number of carbonyl (C=O) groups excluding carboxylic acids is 1. The van der Waals surface area contributed by atoms with E-state index in [4.69, 9.17) is 13.9 Å². The van der Waals surface area contributed by atoms with Gasteiger partial charge in [-0.2, -0.15) is 9.41 Å². The standard InChI is InChI=1S/C21H19N3O6S/c25-21(23-22-12-16-8-9-19-20(11-16)30-15-29-19)14-24(13-17-5-4-10-28-17)31(26,27)18-6-2-1-3-7-18/h1-12H,13-15H2,(H,23,25)/b22-12-. The van der Waals surface area contributed by atoms with Gasteiger partial charge in [0.15, 0.2) is 11.5 Å². The molecule has 10 heteroatoms. The van der Waals surface area contributed by atoms with E-state index in [2.05, 4.69) is 10.5 Å². The number of hydrogen-bond acceptors (Lipinski definition) is 7. The lowest BCUT2D eigenvalue weighted by Gasteiger charge is -2.20. The van der Waals surface area contributed by atoms with Crippen molar-refractivity contribution in [1.29, 1.82) is 0 Å². The summed E-state index contributed by atoms with van der Waals surface area (Å²) in [4.78, 5) is 12.5. The third-order valence-electron chi connectivity index (χ3n) is 4.41. The number of amides is 1. The Hall–Kier alpha value is -3.63. The zero-order chi connectivity index (χ0) is 21.7. The molecule has 1 aromatic heterocycles. The minimum absolute atomic E-state index is 0.0817. The van der Waals surface area contributed by atoms with Crippen LogP contribution >= 0.6 is 0 Å². The van der Waals surface area contributed by atoms with E-state index in [1.165, 1.54) is 24.6 Å². The molecule has 0 unspecified atom stereocenters. The third-order valence-corrected chi connectivity index (χ3v) is 6.22. The summed E-state index contributed by atoms with van der Waals surface area (Å²) >= 11 is 0. The second-order valence-electron chi connectivity index (χ2n) is 6.57. The van der Waals surface area contributed by atoms with Crippen molar-refractivity contribution in [2.45, 2.75) is 11.4 Å². The second kappa shape index (κ2) is 9.02. The molecule has 0 bridgehead atoms. The first kappa shape index (κ1) is 20.6. The van der Waals surface area contributed by atoms with E-state index in [9.17, 15) is 13.2 Å². The summed E-state index contributed by atoms with van der Waals surface area (Å²) < 4.78 is 42.9. The number of benzene rings is 2. The molecule has 0 atom stereocenters. The highest BCUT2D eigenvalue weighted by Crippen LogP contribution is 2.31. The van der Waals surface area contributed by atoms with E-state index in [0.29, 0.717) is 22.8 Å². The number of sulfonamides is 1. The SMILES string of the molecule is O=C(CN(Cc1ccco1)S(=O)(=O)c1ccccc1)N/N=C\c1ccc2c(c1)OCO2. The van der Waals surface area contributed by atoms with Crippen LogP contribution < -0.4 is 14.9 Å². The topological polar surface area (TPSA) is 110 Å². The average Bonchev–Trinajstić information content (AvgIpc) is 3.45. The molecule has 9 nitrogen and oxygen atoms in total. The molecule has 0 aliphatic carbocycles. The van der Waals surface area contributed by atoms with E-state index in [1.54, 1.807) is 48.5 Å². The molecule has 0 saturated heterocycles. The van der Waals surface area contributed by atoms with Crippen molar-refractivity contribution >= 4 is 22.1 Å². The van der Waals surface area contributed by atoms with Gasteiger partial charge in [0.25, 0.3) is 5.91 Å². The predicted octanol–water partition coefficient (Wildman–Crippen LogP) is 2.35. The van der Waals surface area contributed by atoms with E-state index in [0.717, 1.165) is 4.31 Å². The van der Waals surface area contributed by atoms with Gasteiger partial charge in [0.05, 0.1) is 30.5 Å². The normalized spacial score (nSPS) is 13.1. The number of hydrogen-bond donors (Lipinski definition) is 1. The summed E-state index contributed by atoms with van der Waals surface area (Å²) in [7, 11) is -3.93. The molecule has 1 aliphatic rings. The molecule has 1 amide bonds. The van der Waals surface area contributed by atoms with Gasteiger partial charge in [-0.25, -0.2) is 13.8 Å². The van der Waals surface area contributed by atoms with E-state index < -0.39 is 22.5 Å². The van der Waals surface area contributed by atoms with Crippen LogP contribution in [0.25, 0.3) is 0 Å². The minimum atomic E-state index is -3.93. The number of furan rings is 1. The molecule has 3 aromatic rings. The van der Waals surface area contributed by atoms with Gasteiger partial charge in [0.2, 0.25) is 16.8 Å². The van der Waals surface area contributed by atoms with Crippen LogP contribution in [0.2, 0.25) is 0 Å². The summed E-state index contributed by atoms with van der Waals surface area (Å²) in [5, 5.41) is 3.91. The largest absolute Gasteiger partial charge is 0.468 e. The lowest BCUT2D eigenvalue weighted by molar-refractivity contribution is -0.121. The zero-order valence-corrected chi connectivity index (χ0v) is 17.1. The maximum absolute atomic E-state index is 13.0. The molecule has 0 radical (unpaired) electrons. The van der Waals surface area contributed by atoms with Crippen LogP contribution in [0.15, 0.2) is 81.3 Å². The average molecular weight is 441 g/mol. The molecule has 1 aliphatic heterocycles. The molecule has 1 N–H and O–H groups in total. The Kier molecular flexibility index (Phi) is 6.01. The Morgan fingerprint density at radius 1 is 1.06 bits per heavy atom. The maximum atomic E-state index is 13.0. The summed E-state index contributed by atoms with van der Waals surface area (Å²) in [6.45, 7) is -0.367. The fourth-order valence-electron chi connectivity index (χ4n) is 2.91. The van der Waals surface area contributed by atoms with E-state index in [1.807, 2.05) is 0 Å². The first-order chi connectivity index (χ1) is 15.0. The number of nitrogens with zero attached hydrogens (tertiary/aromatic N) is 2. The first-order valence-corrected chi connectivity index (χ1v) is 10.8. The van der Waals surface area contributed by atoms with Crippen molar-refractivity contribution in [3.8, 4) is 11.5 Å². The van der Waals surface area contributed by atoms with Gasteiger partial charge >= 0.3 is 0 Å². The first-order valence-electron chi connectivity index (χ1n) is 9.31. The Morgan fingerprint density at radius 2 is 1.87 bits per heavy atom. The molecule has 2 aromatic carbocycles. The van der Waals surface area contributed by atoms with Crippen molar-refractivity contribution in [2.24, 2.45) is 5.10 Å². The zero-order valence-electron chi connectivity index (χ0n) is 16.3. The Bertz CT molecular complexity index is 1180. The molecule has 2 heterocycles. The van der Waals surface area contributed by atoms with Crippen LogP contribution in [0.3, 0.4) is 0 Å². The van der Waals surface area contributed by atoms with Crippen LogP contribution in [0.4, 0.5) is 0 Å². The van der Waals surface area contributed by atoms with Crippen molar-refractivity contribution in [3.63, 3.8) is 0 Å². The molecule has 4 rings (SSSR count). The highest BCUT2D eigenvalue weighted by molar-refractivity contribution is 7.89. The lowest BCUT2D eigenvalue weighted by Crippen LogP contribution is -2.38. The highest BCUT2D eigenvalue weighted by Gasteiger charge is 2.27. The monoisotopic (exact) mass is 441 g/mol. The number of hydrazone groups is 1. The quantitative estimate of drug-likeness (QED) is 0.424. The van der Waals surface area contributed by atoms with Crippen molar-refractivity contribution < 1.29 is 27.1 Å². The maximum Gasteiger partial charge on any atom is 0.255 e. The number of ether oxygens (including phenoxy) is 2. The van der Waals surface area contributed by atoms with Crippen molar-refractivity contribution in [2.75, 3.05) is 13.3 Å². The summed E-state index contributed by atoms with van der Waals surface area (Å²) in [5.41, 5.74) is 3.04. The lowest BCUT2D eigenvalue weighted by atomic mass is 10.2. The van der Waals surface area contributed by atoms with Gasteiger partial charge < -0.3 is 13.9 Å². The van der Waals surface area contributed by atoms with Gasteiger partial charge in [-0.3, -0.25) is 4.79 Å². The third kappa shape index (κ3) is 4.93. The molecule has 0 spiro atoms. The van der Waals surface area contributed by atoms with Crippen LogP contribution in [-0.4, -0.2) is 38.2 Å². The van der Waals surface area contributed by atoms with Crippen molar-refractivity contribution in [3.05, 3.63) is 78.3 Å². The van der Waals surface area contributed by atoms with Gasteiger partial charge in [-0.1, -0.05) is 18.2 Å². The van der Waals surface area contributed by atoms with Gasteiger partial charge in [0, 0.05) is 0 Å². The highest BCUT2D eigenvalue weighted by atomic mass is 32.2. The molecule has 160 valence electrons. The Labute approximate surface area is 178 Å². The molecular weight excluding hydrogens is 422 g/mol. The number of carbonyl (C=O) groups is 1. The Morgan fingerprint density at radius 3 is 2.65 bits per heavy atom. The number of nitrogens with one attached hydrogen (secondary N) is 1. The number of rotatable bonds is 8. The van der Waals surface area contributed by atoms with Gasteiger partial charge in [0.1, 0.15) is 5.76 Å². The van der Waals surface area contributed by atoms with Crippen LogP contribution in [-0.2, 0) is 21.4 Å². The van der Waals surface area contributed by atoms with Crippen LogP contribution in [0.5, 0.6) is 11.5 Å². The van der Waals surface area contributed by atoms with E-state index >= 15 is 0 Å². The van der Waals surface area contributed by atoms with Crippen LogP contribution in [0, 0.1) is 0 Å². The minimum Gasteiger partial charge on any atom is -0.468 e. The smallest absolute Gasteiger partial charge is 0.255 e. The van der Waals surface area contributed by atoms with Gasteiger partial charge in [-0.05, 0) is 48.0 Å². The van der Waals surface area contributed by atoms with Crippen LogP contribution in [0.1, 0.15) is 11.3 Å². The molecule has 0 saturated carbocycles. The summed E-state index contributed by atoms with van der Waals surface area (Å²) in [6.07, 6.45) is 2.88. The van der Waals surface area contributed by atoms with Gasteiger partial charge in [-0.15, -0.1) is 0 Å². The predicted molar refractivity (Wildman–Crippen MR) is 111 cm³/mol. The molecule has 31 heavy (non-hydrogen) atoms. The second-order valence-corrected chi connectivity index (χ2v) is 8.51. The summed E-state index contributed by atoms with van der Waals surface area (Å²) in [5.74, 6) is 1.05. The fraction of sp³-hybridized carbons (Fsp3) is 0.143. The Balaban J connectivity index is 1.45. The molecular formula is C21H19N3O6S. The summed E-state index contributed by atoms with van der Waals surface area (Å²) in [6, 6.07) is 16.4. The van der Waals surface area contributed by atoms with Crippen molar-refractivity contribution in [1.82, 2.24) is 9.73 Å². The molecule has 0 fully saturated rings. The number of fused-ring (bicyclic) bond motifs is 1. The van der Waals surface area contributed by atoms with E-state index in [-0.39, 0.29) is 18.2 Å². The fourth-order valence-corrected chi connectivity index (χ4v) is 4.30.